The average Bonchev–Trinajstić information content (AvgIpc) is 3.11. The molecule has 1 aromatic heterocycles. The van der Waals surface area contributed by atoms with E-state index in [1.54, 1.807) is 46.8 Å². The molecule has 0 amide bonds. The minimum atomic E-state index is -0.839. The zero-order valence-corrected chi connectivity index (χ0v) is 34.2. The van der Waals surface area contributed by atoms with Crippen molar-refractivity contribution in [1.29, 1.82) is 0 Å². The number of esters is 2. The van der Waals surface area contributed by atoms with Gasteiger partial charge >= 0.3 is 11.9 Å². The van der Waals surface area contributed by atoms with Gasteiger partial charge < -0.3 is 38.3 Å². The van der Waals surface area contributed by atoms with Gasteiger partial charge in [0.05, 0.1) is 52.5 Å². The first kappa shape index (κ1) is 41.0. The molecule has 1 aliphatic carbocycles. The number of carbonyl (C=O) groups excluding carboxylic acids is 4. The third kappa shape index (κ3) is 6.78. The zero-order chi connectivity index (χ0) is 41.3. The largest absolute Gasteiger partial charge is 0.507 e. The molecule has 3 heterocycles. The van der Waals surface area contributed by atoms with Gasteiger partial charge in [-0.15, -0.1) is 0 Å². The molecule has 13 nitrogen and oxygen atoms in total. The maximum absolute atomic E-state index is 15.1. The monoisotopic (exact) mass is 772 g/mol. The minimum absolute atomic E-state index is 0.0247. The third-order valence-electron chi connectivity index (χ3n) is 12.0. The lowest BCUT2D eigenvalue weighted by molar-refractivity contribution is -0.201. The molecule has 56 heavy (non-hydrogen) atoms. The zero-order valence-electron chi connectivity index (χ0n) is 34.2. The normalized spacial score (nSPS) is 28.0. The van der Waals surface area contributed by atoms with Crippen LogP contribution in [0.25, 0.3) is 16.5 Å². The van der Waals surface area contributed by atoms with Crippen LogP contribution in [0.2, 0.25) is 0 Å². The number of rotatable bonds is 7. The van der Waals surface area contributed by atoms with Gasteiger partial charge in [0.15, 0.2) is 16.8 Å². The molecule has 0 saturated carbocycles. The molecule has 8 atom stereocenters. The van der Waals surface area contributed by atoms with Gasteiger partial charge in [-0.2, -0.15) is 0 Å². The summed E-state index contributed by atoms with van der Waals surface area (Å²) in [6.45, 7) is 13.4. The average molecular weight is 773 g/mol. The van der Waals surface area contributed by atoms with Crippen molar-refractivity contribution >= 4 is 40.0 Å². The van der Waals surface area contributed by atoms with E-state index in [1.807, 2.05) is 44.9 Å². The summed E-state index contributed by atoms with van der Waals surface area (Å²) in [5, 5.41) is 12.5. The highest BCUT2D eigenvalue weighted by atomic mass is 16.6. The standard InChI is InChI=1S/C43H52N2O11/c1-13-19(2)30-17-29(48)33-20(3)14-27-35(41(33)56-30)39(51)36-34(38(27)50)25(31-16-28(44(9)10)40(21(4)52-31)54-23(6)46)15-26(37(36)49)32-18-43(8,45(11)12)42(22(5)53-32)55-24(7)47/h13-15,17,21-22,28,31-32,40,42,49H,16,18H2,1-12H3/b19-13+/t21-,22+,28-,31-,32-,40-,42-,43+/m1/s1. The fourth-order valence-electron chi connectivity index (χ4n) is 8.73. The number of hydrogen-bond donors (Lipinski definition) is 1. The van der Waals surface area contributed by atoms with Crippen molar-refractivity contribution in [3.05, 3.63) is 79.2 Å². The van der Waals surface area contributed by atoms with E-state index in [9.17, 15) is 24.3 Å². The van der Waals surface area contributed by atoms with Gasteiger partial charge in [-0.1, -0.05) is 6.08 Å². The second kappa shape index (κ2) is 15.0. The lowest BCUT2D eigenvalue weighted by atomic mass is 9.74. The number of aryl methyl sites for hydroxylation is 1. The molecule has 300 valence electrons. The van der Waals surface area contributed by atoms with Gasteiger partial charge in [0.1, 0.15) is 23.7 Å². The fourth-order valence-corrected chi connectivity index (χ4v) is 8.73. The molecule has 0 spiro atoms. The van der Waals surface area contributed by atoms with Crippen LogP contribution in [0, 0.1) is 6.92 Å². The van der Waals surface area contributed by atoms with E-state index in [0.29, 0.717) is 16.7 Å². The summed E-state index contributed by atoms with van der Waals surface area (Å²) in [5.41, 5.74) is 0.173. The van der Waals surface area contributed by atoms with Crippen molar-refractivity contribution in [1.82, 2.24) is 9.80 Å². The number of benzene rings is 2. The van der Waals surface area contributed by atoms with Crippen molar-refractivity contribution in [3.8, 4) is 5.75 Å². The van der Waals surface area contributed by atoms with Crippen LogP contribution in [0.4, 0.5) is 0 Å². The number of phenols is 1. The van der Waals surface area contributed by atoms with Crippen molar-refractivity contribution in [2.75, 3.05) is 28.2 Å². The fraction of sp³-hybridized carbons (Fsp3) is 0.512. The Hall–Kier alpha value is -4.69. The number of carbonyl (C=O) groups is 4. The maximum atomic E-state index is 15.1. The Labute approximate surface area is 326 Å². The van der Waals surface area contributed by atoms with E-state index in [2.05, 4.69) is 0 Å². The molecule has 2 fully saturated rings. The molecule has 2 aromatic carbocycles. The molecule has 13 heteroatoms. The summed E-state index contributed by atoms with van der Waals surface area (Å²) in [4.78, 5) is 71.9. The number of ether oxygens (including phenoxy) is 4. The van der Waals surface area contributed by atoms with Crippen LogP contribution in [0.1, 0.15) is 128 Å². The summed E-state index contributed by atoms with van der Waals surface area (Å²) in [6, 6.07) is 4.24. The Kier molecular flexibility index (Phi) is 11.0. The van der Waals surface area contributed by atoms with Crippen LogP contribution in [0.15, 0.2) is 33.5 Å². The first-order chi connectivity index (χ1) is 26.2. The highest BCUT2D eigenvalue weighted by Crippen LogP contribution is 2.50. The van der Waals surface area contributed by atoms with Crippen molar-refractivity contribution in [2.24, 2.45) is 0 Å². The number of ketones is 2. The maximum Gasteiger partial charge on any atom is 0.303 e. The Morgan fingerprint density at radius 1 is 0.875 bits per heavy atom. The van der Waals surface area contributed by atoms with Crippen molar-refractivity contribution in [3.63, 3.8) is 0 Å². The van der Waals surface area contributed by atoms with E-state index in [-0.39, 0.29) is 68.9 Å². The quantitative estimate of drug-likeness (QED) is 0.224. The molecule has 3 aromatic rings. The summed E-state index contributed by atoms with van der Waals surface area (Å²) >= 11 is 0. The Morgan fingerprint density at radius 2 is 1.52 bits per heavy atom. The summed E-state index contributed by atoms with van der Waals surface area (Å²) in [6.07, 6.45) is -1.94. The first-order valence-electron chi connectivity index (χ1n) is 18.9. The second-order valence-electron chi connectivity index (χ2n) is 16.1. The molecule has 6 rings (SSSR count). The van der Waals surface area contributed by atoms with Crippen LogP contribution in [0.3, 0.4) is 0 Å². The number of nitrogens with zero attached hydrogens (tertiary/aromatic N) is 2. The number of phenolic OH excluding ortho intramolecular Hbond substituents is 1. The molecular weight excluding hydrogens is 720 g/mol. The number of hydrogen-bond acceptors (Lipinski definition) is 13. The van der Waals surface area contributed by atoms with Gasteiger partial charge in [0.2, 0.25) is 5.78 Å². The van der Waals surface area contributed by atoms with Gasteiger partial charge in [0.25, 0.3) is 0 Å². The van der Waals surface area contributed by atoms with Crippen molar-refractivity contribution in [2.45, 2.75) is 116 Å². The number of likely N-dealkylation sites (N-methyl/N-ethyl adjacent to an activating group) is 2. The summed E-state index contributed by atoms with van der Waals surface area (Å²) in [5.74, 6) is -2.36. The van der Waals surface area contributed by atoms with Crippen molar-refractivity contribution < 1.29 is 47.6 Å². The second-order valence-corrected chi connectivity index (χ2v) is 16.1. The Bertz CT molecular complexity index is 2240. The van der Waals surface area contributed by atoms with Gasteiger partial charge in [-0.3, -0.25) is 24.0 Å². The highest BCUT2D eigenvalue weighted by Gasteiger charge is 2.51. The van der Waals surface area contributed by atoms with Crippen LogP contribution < -0.4 is 5.43 Å². The van der Waals surface area contributed by atoms with Crippen LogP contribution in [0.5, 0.6) is 5.75 Å². The molecule has 3 aliphatic rings. The molecule has 0 bridgehead atoms. The predicted octanol–water partition coefficient (Wildman–Crippen LogP) is 5.82. The molecular formula is C43H52N2O11. The lowest BCUT2D eigenvalue weighted by Gasteiger charge is -2.50. The molecule has 0 unspecified atom stereocenters. The molecule has 0 radical (unpaired) electrons. The predicted molar refractivity (Wildman–Crippen MR) is 208 cm³/mol. The Balaban J connectivity index is 1.62. The number of aromatic hydroxyl groups is 1. The van der Waals surface area contributed by atoms with Gasteiger partial charge in [-0.05, 0) is 111 Å². The highest BCUT2D eigenvalue weighted by molar-refractivity contribution is 6.33. The minimum Gasteiger partial charge on any atom is -0.507 e. The molecule has 1 N–H and O–H groups in total. The number of fused-ring (bicyclic) bond motifs is 4. The van der Waals surface area contributed by atoms with E-state index in [4.69, 9.17) is 23.4 Å². The van der Waals surface area contributed by atoms with E-state index in [0.717, 1.165) is 0 Å². The van der Waals surface area contributed by atoms with Gasteiger partial charge in [-0.25, -0.2) is 0 Å². The van der Waals surface area contributed by atoms with Crippen LogP contribution >= 0.6 is 0 Å². The van der Waals surface area contributed by atoms with Gasteiger partial charge in [0, 0.05) is 36.6 Å². The first-order valence-corrected chi connectivity index (χ1v) is 18.9. The topological polar surface area (TPSA) is 162 Å². The van der Waals surface area contributed by atoms with E-state index >= 15 is 4.79 Å². The summed E-state index contributed by atoms with van der Waals surface area (Å²) in [7, 11) is 7.46. The summed E-state index contributed by atoms with van der Waals surface area (Å²) < 4.78 is 30.9. The van der Waals surface area contributed by atoms with Crippen LogP contribution in [-0.4, -0.2) is 103 Å². The van der Waals surface area contributed by atoms with E-state index in [1.165, 1.54) is 26.0 Å². The molecule has 2 aliphatic heterocycles. The SMILES string of the molecule is C/C=C(\C)c1cc(=O)c2c(C)cc3c(c2o1)C(=O)c1c(O)c([C@H]2C[C@](C)(N(C)C)[C@H](OC(C)=O)[C@H](C)O2)cc([C@H]2C[C@@H](N(C)C)[C@H](OC(C)=O)[C@@H](C)O2)c1C3=O. The lowest BCUT2D eigenvalue weighted by Crippen LogP contribution is -2.61. The smallest absolute Gasteiger partial charge is 0.303 e. The number of allylic oxidation sites excluding steroid dienone is 2. The third-order valence-corrected chi connectivity index (χ3v) is 12.0. The molecule has 2 saturated heterocycles. The Morgan fingerprint density at radius 3 is 2.11 bits per heavy atom. The van der Waals surface area contributed by atoms with E-state index < -0.39 is 71.4 Å². The van der Waals surface area contributed by atoms with Crippen LogP contribution in [-0.2, 0) is 28.5 Å².